The van der Waals surface area contributed by atoms with E-state index in [1.54, 1.807) is 21.6 Å². The molecule has 1 N–H and O–H groups in total. The normalized spacial score (nSPS) is 15.9. The lowest BCUT2D eigenvalue weighted by atomic mass is 9.93. The van der Waals surface area contributed by atoms with E-state index >= 15 is 0 Å². The molecule has 0 aromatic carbocycles. The van der Waals surface area contributed by atoms with Crippen LogP contribution in [0.4, 0.5) is 0 Å². The third-order valence-corrected chi connectivity index (χ3v) is 5.70. The number of piperidine rings is 1. The molecular formula is C15H16N2O3S2. The molecule has 0 spiro atoms. The minimum absolute atomic E-state index is 0.0483. The Labute approximate surface area is 136 Å². The zero-order valence-corrected chi connectivity index (χ0v) is 13.5. The molecule has 0 radical (unpaired) electrons. The van der Waals surface area contributed by atoms with Crippen LogP contribution in [0.3, 0.4) is 0 Å². The number of rotatable bonds is 4. The van der Waals surface area contributed by atoms with Gasteiger partial charge in [0.25, 0.3) is 5.91 Å². The Morgan fingerprint density at radius 1 is 1.32 bits per heavy atom. The van der Waals surface area contributed by atoms with Crippen LogP contribution in [0.15, 0.2) is 22.9 Å². The number of carbonyl (C=O) groups excluding carboxylic acids is 1. The topological polar surface area (TPSA) is 70.5 Å². The zero-order valence-electron chi connectivity index (χ0n) is 11.9. The third-order valence-electron chi connectivity index (χ3n) is 3.82. The van der Waals surface area contributed by atoms with Crippen LogP contribution < -0.4 is 0 Å². The Bertz CT molecular complexity index is 658. The van der Waals surface area contributed by atoms with Crippen molar-refractivity contribution < 1.29 is 14.7 Å². The van der Waals surface area contributed by atoms with E-state index < -0.39 is 5.97 Å². The van der Waals surface area contributed by atoms with E-state index in [0.717, 1.165) is 22.7 Å². The molecule has 3 heterocycles. The Morgan fingerprint density at radius 3 is 2.73 bits per heavy atom. The molecule has 1 fully saturated rings. The first-order valence-corrected chi connectivity index (χ1v) is 8.90. The summed E-state index contributed by atoms with van der Waals surface area (Å²) in [4.78, 5) is 30.5. The van der Waals surface area contributed by atoms with Gasteiger partial charge in [-0.1, -0.05) is 6.07 Å². The molecular weight excluding hydrogens is 320 g/mol. The van der Waals surface area contributed by atoms with Gasteiger partial charge in [-0.05, 0) is 30.2 Å². The molecule has 7 heteroatoms. The summed E-state index contributed by atoms with van der Waals surface area (Å²) in [6.45, 7) is 1.23. The molecule has 2 aromatic heterocycles. The number of amides is 1. The largest absolute Gasteiger partial charge is 0.481 e. The summed E-state index contributed by atoms with van der Waals surface area (Å²) in [7, 11) is 0. The lowest BCUT2D eigenvalue weighted by molar-refractivity contribution is -0.138. The van der Waals surface area contributed by atoms with Gasteiger partial charge in [0.2, 0.25) is 0 Å². The van der Waals surface area contributed by atoms with E-state index in [1.165, 1.54) is 11.3 Å². The number of carboxylic acid groups (broad SMARTS) is 1. The summed E-state index contributed by atoms with van der Waals surface area (Å²) in [6.07, 6.45) is 1.70. The highest BCUT2D eigenvalue weighted by Gasteiger charge is 2.26. The van der Waals surface area contributed by atoms with Crippen molar-refractivity contribution in [1.82, 2.24) is 9.88 Å². The van der Waals surface area contributed by atoms with E-state index in [1.807, 2.05) is 17.5 Å². The van der Waals surface area contributed by atoms with Gasteiger partial charge in [0, 0.05) is 24.9 Å². The maximum absolute atomic E-state index is 12.5. The van der Waals surface area contributed by atoms with Gasteiger partial charge in [-0.15, -0.1) is 22.7 Å². The minimum atomic E-state index is -0.759. The van der Waals surface area contributed by atoms with Gasteiger partial charge in [-0.3, -0.25) is 9.59 Å². The van der Waals surface area contributed by atoms with Gasteiger partial charge in [0.1, 0.15) is 10.7 Å². The van der Waals surface area contributed by atoms with Gasteiger partial charge >= 0.3 is 5.97 Å². The first-order valence-electron chi connectivity index (χ1n) is 7.14. The first-order chi connectivity index (χ1) is 10.6. The number of hydrogen-bond acceptors (Lipinski definition) is 5. The molecule has 22 heavy (non-hydrogen) atoms. The highest BCUT2D eigenvalue weighted by molar-refractivity contribution is 7.20. The summed E-state index contributed by atoms with van der Waals surface area (Å²) in [5.41, 5.74) is 0.491. The fraction of sp³-hybridized carbons (Fsp3) is 0.400. The quantitative estimate of drug-likeness (QED) is 0.931. The fourth-order valence-corrected chi connectivity index (χ4v) is 4.24. The molecule has 1 aliphatic heterocycles. The molecule has 1 saturated heterocycles. The van der Waals surface area contributed by atoms with Crippen molar-refractivity contribution in [3.05, 3.63) is 28.6 Å². The molecule has 3 rings (SSSR count). The summed E-state index contributed by atoms with van der Waals surface area (Å²) in [6, 6.07) is 3.96. The number of aliphatic carboxylic acids is 1. The number of nitrogens with zero attached hydrogens (tertiary/aromatic N) is 2. The van der Waals surface area contributed by atoms with Gasteiger partial charge in [-0.2, -0.15) is 0 Å². The zero-order chi connectivity index (χ0) is 15.5. The van der Waals surface area contributed by atoms with Gasteiger partial charge in [0.15, 0.2) is 0 Å². The Kier molecular flexibility index (Phi) is 4.54. The summed E-state index contributed by atoms with van der Waals surface area (Å²) < 4.78 is 0. The first kappa shape index (κ1) is 15.2. The number of aromatic nitrogens is 1. The van der Waals surface area contributed by atoms with E-state index in [9.17, 15) is 9.59 Å². The molecule has 0 saturated carbocycles. The van der Waals surface area contributed by atoms with E-state index in [0.29, 0.717) is 18.8 Å². The lowest BCUT2D eigenvalue weighted by Crippen LogP contribution is -2.39. The molecule has 2 aromatic rings. The summed E-state index contributed by atoms with van der Waals surface area (Å²) in [5, 5.41) is 13.5. The van der Waals surface area contributed by atoms with Crippen molar-refractivity contribution in [2.24, 2.45) is 5.92 Å². The van der Waals surface area contributed by atoms with Gasteiger partial charge in [-0.25, -0.2) is 4.98 Å². The summed E-state index contributed by atoms with van der Waals surface area (Å²) in [5.74, 6) is -0.628. The molecule has 116 valence electrons. The smallest absolute Gasteiger partial charge is 0.303 e. The lowest BCUT2D eigenvalue weighted by Gasteiger charge is -2.30. The highest BCUT2D eigenvalue weighted by atomic mass is 32.1. The van der Waals surface area contributed by atoms with Crippen molar-refractivity contribution in [3.63, 3.8) is 0 Å². The average molecular weight is 336 g/mol. The minimum Gasteiger partial charge on any atom is -0.481 e. The Balaban J connectivity index is 1.62. The number of thiophene rings is 1. The van der Waals surface area contributed by atoms with Crippen molar-refractivity contribution in [3.8, 4) is 9.88 Å². The van der Waals surface area contributed by atoms with Crippen molar-refractivity contribution in [1.29, 1.82) is 0 Å². The van der Waals surface area contributed by atoms with Crippen molar-refractivity contribution >= 4 is 34.6 Å². The predicted octanol–water partition coefficient (Wildman–Crippen LogP) is 3.20. The Morgan fingerprint density at radius 2 is 2.09 bits per heavy atom. The van der Waals surface area contributed by atoms with E-state index in [4.69, 9.17) is 5.11 Å². The molecule has 0 atom stereocenters. The molecule has 0 bridgehead atoms. The van der Waals surface area contributed by atoms with Crippen LogP contribution in [0.1, 0.15) is 29.8 Å². The van der Waals surface area contributed by atoms with Crippen LogP contribution in [0.2, 0.25) is 0 Å². The van der Waals surface area contributed by atoms with E-state index in [-0.39, 0.29) is 18.2 Å². The number of hydrogen-bond donors (Lipinski definition) is 1. The van der Waals surface area contributed by atoms with Crippen LogP contribution in [0, 0.1) is 5.92 Å². The second kappa shape index (κ2) is 6.58. The Hall–Kier alpha value is -1.73. The molecule has 1 aliphatic rings. The SMILES string of the molecule is O=C(O)CC1CCN(C(=O)c2csc(-c3cccs3)n2)CC1. The van der Waals surface area contributed by atoms with Crippen LogP contribution >= 0.6 is 22.7 Å². The van der Waals surface area contributed by atoms with Crippen molar-refractivity contribution in [2.75, 3.05) is 13.1 Å². The number of carbonyl (C=O) groups is 2. The fourth-order valence-electron chi connectivity index (χ4n) is 2.63. The summed E-state index contributed by atoms with van der Waals surface area (Å²) >= 11 is 3.09. The number of likely N-dealkylation sites (tertiary alicyclic amines) is 1. The second-order valence-electron chi connectivity index (χ2n) is 5.35. The maximum Gasteiger partial charge on any atom is 0.303 e. The van der Waals surface area contributed by atoms with Gasteiger partial charge < -0.3 is 10.0 Å². The van der Waals surface area contributed by atoms with E-state index in [2.05, 4.69) is 4.98 Å². The third kappa shape index (κ3) is 3.36. The standard InChI is InChI=1S/C15H16N2O3S2/c18-13(19)8-10-3-5-17(6-4-10)15(20)11-9-22-14(16-11)12-2-1-7-21-12/h1-2,7,9-10H,3-6,8H2,(H,18,19). The number of carboxylic acids is 1. The highest BCUT2D eigenvalue weighted by Crippen LogP contribution is 2.29. The molecule has 5 nitrogen and oxygen atoms in total. The van der Waals surface area contributed by atoms with Gasteiger partial charge in [0.05, 0.1) is 4.88 Å². The second-order valence-corrected chi connectivity index (χ2v) is 7.15. The molecule has 0 aliphatic carbocycles. The monoisotopic (exact) mass is 336 g/mol. The maximum atomic E-state index is 12.5. The average Bonchev–Trinajstić information content (AvgIpc) is 3.18. The molecule has 0 unspecified atom stereocenters. The van der Waals surface area contributed by atoms with Crippen LogP contribution in [0.25, 0.3) is 9.88 Å². The van der Waals surface area contributed by atoms with Crippen LogP contribution in [-0.4, -0.2) is 40.0 Å². The number of thiazole rings is 1. The molecule has 1 amide bonds. The predicted molar refractivity (Wildman–Crippen MR) is 86.3 cm³/mol. The van der Waals surface area contributed by atoms with Crippen LogP contribution in [0.5, 0.6) is 0 Å². The van der Waals surface area contributed by atoms with Crippen molar-refractivity contribution in [2.45, 2.75) is 19.3 Å². The van der Waals surface area contributed by atoms with Crippen LogP contribution in [-0.2, 0) is 4.79 Å².